The van der Waals surface area contributed by atoms with E-state index >= 15 is 0 Å². The first-order valence-corrected chi connectivity index (χ1v) is 9.57. The van der Waals surface area contributed by atoms with E-state index in [4.69, 9.17) is 9.47 Å². The van der Waals surface area contributed by atoms with Gasteiger partial charge in [-0.1, -0.05) is 44.2 Å². The van der Waals surface area contributed by atoms with Gasteiger partial charge in [0.25, 0.3) is 0 Å². The molecular formula is C21H23N5O3. The highest BCUT2D eigenvalue weighted by atomic mass is 16.7. The Kier molecular flexibility index (Phi) is 5.16. The van der Waals surface area contributed by atoms with Crippen molar-refractivity contribution in [2.45, 2.75) is 39.3 Å². The average molecular weight is 393 g/mol. The minimum absolute atomic E-state index is 0.193. The summed E-state index contributed by atoms with van der Waals surface area (Å²) in [7, 11) is 0. The summed E-state index contributed by atoms with van der Waals surface area (Å²) in [5.74, 6) is 2.17. The normalized spacial score (nSPS) is 13.5. The maximum atomic E-state index is 12.5. The van der Waals surface area contributed by atoms with E-state index in [2.05, 4.69) is 46.7 Å². The number of nitrogens with zero attached hydrogens (tertiary/aromatic N) is 4. The molecule has 0 spiro atoms. The predicted molar refractivity (Wildman–Crippen MR) is 106 cm³/mol. The van der Waals surface area contributed by atoms with Crippen molar-refractivity contribution in [3.63, 3.8) is 0 Å². The van der Waals surface area contributed by atoms with Gasteiger partial charge in [0.05, 0.1) is 0 Å². The summed E-state index contributed by atoms with van der Waals surface area (Å²) in [6.45, 7) is 6.63. The Morgan fingerprint density at radius 2 is 1.86 bits per heavy atom. The van der Waals surface area contributed by atoms with Gasteiger partial charge in [-0.3, -0.25) is 4.79 Å². The number of tetrazole rings is 1. The van der Waals surface area contributed by atoms with Crippen molar-refractivity contribution < 1.29 is 14.3 Å². The predicted octanol–water partition coefficient (Wildman–Crippen LogP) is 3.07. The maximum Gasteiger partial charge on any atom is 0.246 e. The SMILES string of the molecule is CC(C)c1ccc(-c2nnn([C@H](C)C(=O)NCc3ccc4c(c3)OCO4)n2)cc1. The third-order valence-corrected chi connectivity index (χ3v) is 4.89. The third-order valence-electron chi connectivity index (χ3n) is 4.89. The minimum Gasteiger partial charge on any atom is -0.454 e. The summed E-state index contributed by atoms with van der Waals surface area (Å²) < 4.78 is 10.7. The average Bonchev–Trinajstić information content (AvgIpc) is 3.40. The number of fused-ring (bicyclic) bond motifs is 1. The third kappa shape index (κ3) is 4.06. The van der Waals surface area contributed by atoms with Crippen LogP contribution in [0.4, 0.5) is 0 Å². The van der Waals surface area contributed by atoms with Crippen LogP contribution in [0.1, 0.15) is 43.9 Å². The van der Waals surface area contributed by atoms with Gasteiger partial charge in [-0.05, 0) is 41.3 Å². The van der Waals surface area contributed by atoms with Crippen molar-refractivity contribution in [2.24, 2.45) is 0 Å². The topological polar surface area (TPSA) is 91.2 Å². The summed E-state index contributed by atoms with van der Waals surface area (Å²) in [6, 6.07) is 13.1. The Morgan fingerprint density at radius 3 is 2.62 bits per heavy atom. The first kappa shape index (κ1) is 18.9. The van der Waals surface area contributed by atoms with E-state index in [0.29, 0.717) is 29.8 Å². The van der Waals surface area contributed by atoms with Crippen LogP contribution >= 0.6 is 0 Å². The van der Waals surface area contributed by atoms with E-state index in [1.807, 2.05) is 30.3 Å². The van der Waals surface area contributed by atoms with Crippen LogP contribution in [0.15, 0.2) is 42.5 Å². The number of rotatable bonds is 6. The Bertz CT molecular complexity index is 1010. The molecule has 2 heterocycles. The van der Waals surface area contributed by atoms with Crippen LogP contribution in [0.25, 0.3) is 11.4 Å². The number of nitrogens with one attached hydrogen (secondary N) is 1. The van der Waals surface area contributed by atoms with E-state index < -0.39 is 6.04 Å². The maximum absolute atomic E-state index is 12.5. The fourth-order valence-corrected chi connectivity index (χ4v) is 3.01. The molecule has 2 aromatic carbocycles. The highest BCUT2D eigenvalue weighted by Gasteiger charge is 2.19. The van der Waals surface area contributed by atoms with Gasteiger partial charge in [-0.15, -0.1) is 10.2 Å². The van der Waals surface area contributed by atoms with Gasteiger partial charge in [0, 0.05) is 12.1 Å². The molecule has 150 valence electrons. The number of hydrogen-bond acceptors (Lipinski definition) is 6. The van der Waals surface area contributed by atoms with Crippen LogP contribution in [0, 0.1) is 0 Å². The molecule has 0 unspecified atom stereocenters. The lowest BCUT2D eigenvalue weighted by Crippen LogP contribution is -2.31. The second-order valence-corrected chi connectivity index (χ2v) is 7.29. The molecule has 0 radical (unpaired) electrons. The Morgan fingerprint density at radius 1 is 1.10 bits per heavy atom. The molecule has 1 aliphatic rings. The molecule has 1 aromatic heterocycles. The molecule has 4 rings (SSSR count). The molecule has 0 bridgehead atoms. The summed E-state index contributed by atoms with van der Waals surface area (Å²) in [5.41, 5.74) is 3.04. The van der Waals surface area contributed by atoms with Crippen molar-refractivity contribution in [2.75, 3.05) is 6.79 Å². The largest absolute Gasteiger partial charge is 0.454 e. The van der Waals surface area contributed by atoms with Crippen molar-refractivity contribution in [3.8, 4) is 22.9 Å². The molecule has 8 nitrogen and oxygen atoms in total. The monoisotopic (exact) mass is 393 g/mol. The van der Waals surface area contributed by atoms with Crippen molar-refractivity contribution in [1.82, 2.24) is 25.5 Å². The molecule has 0 aliphatic carbocycles. The molecule has 1 aliphatic heterocycles. The molecule has 29 heavy (non-hydrogen) atoms. The van der Waals surface area contributed by atoms with E-state index in [1.54, 1.807) is 6.92 Å². The Balaban J connectivity index is 1.39. The second-order valence-electron chi connectivity index (χ2n) is 7.29. The van der Waals surface area contributed by atoms with Crippen LogP contribution in [0.2, 0.25) is 0 Å². The lowest BCUT2D eigenvalue weighted by atomic mass is 10.0. The standard InChI is InChI=1S/C21H23N5O3/c1-13(2)16-5-7-17(8-6-16)20-23-25-26(24-20)14(3)21(27)22-11-15-4-9-18-19(10-15)29-12-28-18/h4-10,13-14H,11-12H2,1-3H3,(H,22,27)/t14-/m1/s1. The number of carbonyl (C=O) groups excluding carboxylic acids is 1. The first-order valence-electron chi connectivity index (χ1n) is 9.57. The second kappa shape index (κ2) is 7.90. The molecule has 0 saturated heterocycles. The van der Waals surface area contributed by atoms with Crippen molar-refractivity contribution >= 4 is 5.91 Å². The van der Waals surface area contributed by atoms with E-state index in [-0.39, 0.29) is 12.7 Å². The fourth-order valence-electron chi connectivity index (χ4n) is 3.01. The van der Waals surface area contributed by atoms with Gasteiger partial charge in [-0.2, -0.15) is 4.80 Å². The summed E-state index contributed by atoms with van der Waals surface area (Å²) in [5, 5.41) is 15.4. The number of hydrogen-bond donors (Lipinski definition) is 1. The number of carbonyl (C=O) groups is 1. The Hall–Kier alpha value is -3.42. The molecular weight excluding hydrogens is 370 g/mol. The molecule has 3 aromatic rings. The molecule has 8 heteroatoms. The van der Waals surface area contributed by atoms with Gasteiger partial charge in [-0.25, -0.2) is 0 Å². The zero-order valence-corrected chi connectivity index (χ0v) is 16.6. The zero-order chi connectivity index (χ0) is 20.4. The molecule has 0 saturated carbocycles. The summed E-state index contributed by atoms with van der Waals surface area (Å²) in [4.78, 5) is 13.9. The number of amides is 1. The quantitative estimate of drug-likeness (QED) is 0.692. The number of aromatic nitrogens is 4. The number of ether oxygens (including phenoxy) is 2. The highest BCUT2D eigenvalue weighted by Crippen LogP contribution is 2.32. The molecule has 0 fully saturated rings. The van der Waals surface area contributed by atoms with Crippen LogP contribution in [0.5, 0.6) is 11.5 Å². The van der Waals surface area contributed by atoms with E-state index in [0.717, 1.165) is 11.1 Å². The van der Waals surface area contributed by atoms with Gasteiger partial charge < -0.3 is 14.8 Å². The van der Waals surface area contributed by atoms with Crippen LogP contribution in [-0.2, 0) is 11.3 Å². The van der Waals surface area contributed by atoms with Crippen molar-refractivity contribution in [3.05, 3.63) is 53.6 Å². The number of benzene rings is 2. The van der Waals surface area contributed by atoms with Crippen LogP contribution in [-0.4, -0.2) is 32.9 Å². The first-order chi connectivity index (χ1) is 14.0. The minimum atomic E-state index is -0.583. The molecule has 1 amide bonds. The lowest BCUT2D eigenvalue weighted by molar-refractivity contribution is -0.124. The van der Waals surface area contributed by atoms with Gasteiger partial charge in [0.1, 0.15) is 6.04 Å². The van der Waals surface area contributed by atoms with Gasteiger partial charge >= 0.3 is 0 Å². The lowest BCUT2D eigenvalue weighted by Gasteiger charge is -2.11. The van der Waals surface area contributed by atoms with Crippen LogP contribution in [0.3, 0.4) is 0 Å². The Labute approximate surface area is 168 Å². The highest BCUT2D eigenvalue weighted by molar-refractivity contribution is 5.79. The zero-order valence-electron chi connectivity index (χ0n) is 16.6. The molecule has 1 N–H and O–H groups in total. The fraction of sp³-hybridized carbons (Fsp3) is 0.333. The van der Waals surface area contributed by atoms with Gasteiger partial charge in [0.15, 0.2) is 11.5 Å². The van der Waals surface area contributed by atoms with Crippen LogP contribution < -0.4 is 14.8 Å². The van der Waals surface area contributed by atoms with Gasteiger partial charge in [0.2, 0.25) is 18.5 Å². The summed E-state index contributed by atoms with van der Waals surface area (Å²) in [6.07, 6.45) is 0. The summed E-state index contributed by atoms with van der Waals surface area (Å²) >= 11 is 0. The van der Waals surface area contributed by atoms with E-state index in [1.165, 1.54) is 10.4 Å². The smallest absolute Gasteiger partial charge is 0.246 e. The molecule has 1 atom stereocenters. The van der Waals surface area contributed by atoms with E-state index in [9.17, 15) is 4.79 Å². The van der Waals surface area contributed by atoms with Crippen molar-refractivity contribution in [1.29, 1.82) is 0 Å².